The summed E-state index contributed by atoms with van der Waals surface area (Å²) in [6.07, 6.45) is 0. The van der Waals surface area contributed by atoms with E-state index in [0.717, 1.165) is 17.0 Å². The van der Waals surface area contributed by atoms with Crippen LogP contribution in [-0.2, 0) is 0 Å². The molecule has 2 heterocycles. The number of aryl methyl sites for hydroxylation is 2. The lowest BCUT2D eigenvalue weighted by atomic mass is 10.1. The second-order valence-electron chi connectivity index (χ2n) is 6.47. The van der Waals surface area contributed by atoms with Crippen LogP contribution in [0.25, 0.3) is 38.7 Å². The SMILES string of the molecule is Cc1cccc(-n2c3ccccc3c3c4cc(C)ccc4oc32)c1. The summed E-state index contributed by atoms with van der Waals surface area (Å²) in [6, 6.07) is 23.5. The summed E-state index contributed by atoms with van der Waals surface area (Å²) in [7, 11) is 0. The van der Waals surface area contributed by atoms with Gasteiger partial charge in [-0.2, -0.15) is 0 Å². The first-order valence-corrected chi connectivity index (χ1v) is 8.22. The topological polar surface area (TPSA) is 18.1 Å². The molecule has 24 heavy (non-hydrogen) atoms. The van der Waals surface area contributed by atoms with Crippen LogP contribution in [0.1, 0.15) is 11.1 Å². The van der Waals surface area contributed by atoms with E-state index in [1.165, 1.54) is 32.8 Å². The number of benzene rings is 3. The third-order valence-corrected chi connectivity index (χ3v) is 4.70. The normalized spacial score (nSPS) is 11.8. The maximum atomic E-state index is 6.28. The molecule has 0 bridgehead atoms. The molecule has 5 rings (SSSR count). The van der Waals surface area contributed by atoms with Gasteiger partial charge in [-0.15, -0.1) is 0 Å². The third-order valence-electron chi connectivity index (χ3n) is 4.70. The smallest absolute Gasteiger partial charge is 0.213 e. The Balaban J connectivity index is 2.03. The summed E-state index contributed by atoms with van der Waals surface area (Å²) in [6.45, 7) is 4.24. The molecule has 2 heteroatoms. The van der Waals surface area contributed by atoms with Crippen molar-refractivity contribution in [3.63, 3.8) is 0 Å². The van der Waals surface area contributed by atoms with Crippen LogP contribution in [0.4, 0.5) is 0 Å². The molecule has 0 aliphatic heterocycles. The van der Waals surface area contributed by atoms with Gasteiger partial charge < -0.3 is 4.42 Å². The highest BCUT2D eigenvalue weighted by atomic mass is 16.3. The van der Waals surface area contributed by atoms with Gasteiger partial charge in [0, 0.05) is 16.5 Å². The molecule has 0 atom stereocenters. The molecular weight excluding hydrogens is 294 g/mol. The molecule has 116 valence electrons. The van der Waals surface area contributed by atoms with E-state index < -0.39 is 0 Å². The summed E-state index contributed by atoms with van der Waals surface area (Å²) in [5.74, 6) is 0. The molecule has 3 aromatic carbocycles. The quantitative estimate of drug-likeness (QED) is 0.363. The van der Waals surface area contributed by atoms with E-state index in [2.05, 4.69) is 85.1 Å². The largest absolute Gasteiger partial charge is 0.439 e. The highest BCUT2D eigenvalue weighted by molar-refractivity contribution is 6.19. The Morgan fingerprint density at radius 1 is 0.750 bits per heavy atom. The van der Waals surface area contributed by atoms with Crippen LogP contribution < -0.4 is 0 Å². The maximum Gasteiger partial charge on any atom is 0.213 e. The number of hydrogen-bond acceptors (Lipinski definition) is 1. The molecule has 0 unspecified atom stereocenters. The van der Waals surface area contributed by atoms with E-state index in [9.17, 15) is 0 Å². The standard InChI is InChI=1S/C22H17NO/c1-14-6-5-7-16(12-14)23-19-9-4-3-8-17(19)21-18-13-15(2)10-11-20(18)24-22(21)23/h3-13H,1-2H3. The van der Waals surface area contributed by atoms with Gasteiger partial charge in [0.1, 0.15) is 5.58 Å². The average molecular weight is 311 g/mol. The molecule has 5 aromatic rings. The Labute approximate surface area is 139 Å². The fraction of sp³-hybridized carbons (Fsp3) is 0.0909. The van der Waals surface area contributed by atoms with E-state index in [4.69, 9.17) is 4.42 Å². The molecule has 0 N–H and O–H groups in total. The van der Waals surface area contributed by atoms with Crippen molar-refractivity contribution < 1.29 is 4.42 Å². The Kier molecular flexibility index (Phi) is 2.66. The van der Waals surface area contributed by atoms with Crippen molar-refractivity contribution in [3.05, 3.63) is 77.9 Å². The van der Waals surface area contributed by atoms with Crippen LogP contribution in [0.5, 0.6) is 0 Å². The summed E-state index contributed by atoms with van der Waals surface area (Å²) >= 11 is 0. The monoisotopic (exact) mass is 311 g/mol. The maximum absolute atomic E-state index is 6.28. The molecule has 0 saturated heterocycles. The number of hydrogen-bond donors (Lipinski definition) is 0. The first-order chi connectivity index (χ1) is 11.7. The lowest BCUT2D eigenvalue weighted by molar-refractivity contribution is 0.645. The summed E-state index contributed by atoms with van der Waals surface area (Å²) in [4.78, 5) is 0. The Hall–Kier alpha value is -3.00. The molecule has 2 aromatic heterocycles. The number of rotatable bonds is 1. The minimum Gasteiger partial charge on any atom is -0.439 e. The zero-order valence-electron chi connectivity index (χ0n) is 13.7. The molecule has 0 spiro atoms. The van der Waals surface area contributed by atoms with Crippen LogP contribution in [0.3, 0.4) is 0 Å². The molecule has 0 fully saturated rings. The van der Waals surface area contributed by atoms with Gasteiger partial charge in [0.25, 0.3) is 0 Å². The number of furan rings is 1. The predicted molar refractivity (Wildman–Crippen MR) is 100 cm³/mol. The second-order valence-corrected chi connectivity index (χ2v) is 6.47. The third kappa shape index (κ3) is 1.77. The van der Waals surface area contributed by atoms with Crippen LogP contribution in [0.15, 0.2) is 71.1 Å². The second kappa shape index (κ2) is 4.75. The van der Waals surface area contributed by atoms with E-state index in [0.29, 0.717) is 0 Å². The summed E-state index contributed by atoms with van der Waals surface area (Å²) in [5.41, 5.74) is 6.67. The van der Waals surface area contributed by atoms with E-state index in [1.807, 2.05) is 0 Å². The first-order valence-electron chi connectivity index (χ1n) is 8.22. The Morgan fingerprint density at radius 2 is 1.58 bits per heavy atom. The summed E-state index contributed by atoms with van der Waals surface area (Å²) in [5, 5.41) is 3.62. The Morgan fingerprint density at radius 3 is 2.46 bits per heavy atom. The highest BCUT2D eigenvalue weighted by Crippen LogP contribution is 2.39. The van der Waals surface area contributed by atoms with Crippen LogP contribution in [0.2, 0.25) is 0 Å². The van der Waals surface area contributed by atoms with Crippen LogP contribution >= 0.6 is 0 Å². The summed E-state index contributed by atoms with van der Waals surface area (Å²) < 4.78 is 8.51. The molecule has 2 nitrogen and oxygen atoms in total. The van der Waals surface area contributed by atoms with E-state index in [-0.39, 0.29) is 0 Å². The van der Waals surface area contributed by atoms with Gasteiger partial charge in [-0.25, -0.2) is 0 Å². The van der Waals surface area contributed by atoms with Crippen molar-refractivity contribution >= 4 is 33.0 Å². The van der Waals surface area contributed by atoms with Gasteiger partial charge in [0.15, 0.2) is 0 Å². The zero-order chi connectivity index (χ0) is 16.3. The van der Waals surface area contributed by atoms with Crippen molar-refractivity contribution in [2.24, 2.45) is 0 Å². The molecular formula is C22H17NO. The van der Waals surface area contributed by atoms with Gasteiger partial charge >= 0.3 is 0 Å². The van der Waals surface area contributed by atoms with Crippen molar-refractivity contribution in [3.8, 4) is 5.69 Å². The highest BCUT2D eigenvalue weighted by Gasteiger charge is 2.18. The lowest BCUT2D eigenvalue weighted by Crippen LogP contribution is -1.93. The fourth-order valence-corrected chi connectivity index (χ4v) is 3.63. The van der Waals surface area contributed by atoms with Gasteiger partial charge in [-0.3, -0.25) is 4.57 Å². The van der Waals surface area contributed by atoms with Gasteiger partial charge in [-0.1, -0.05) is 42.0 Å². The first kappa shape index (κ1) is 13.4. The molecule has 0 aliphatic carbocycles. The minimum atomic E-state index is 0.919. The fourth-order valence-electron chi connectivity index (χ4n) is 3.63. The minimum absolute atomic E-state index is 0.919. The molecule has 0 amide bonds. The predicted octanol–water partition coefficient (Wildman–Crippen LogP) is 6.15. The van der Waals surface area contributed by atoms with Crippen molar-refractivity contribution in [1.29, 1.82) is 0 Å². The molecule has 0 saturated carbocycles. The molecule has 0 aliphatic rings. The Bertz CT molecular complexity index is 1220. The number of fused-ring (bicyclic) bond motifs is 5. The average Bonchev–Trinajstić information content (AvgIpc) is 3.09. The lowest BCUT2D eigenvalue weighted by Gasteiger charge is -2.06. The molecule has 0 radical (unpaired) electrons. The van der Waals surface area contributed by atoms with Gasteiger partial charge in [0.05, 0.1) is 10.9 Å². The van der Waals surface area contributed by atoms with E-state index in [1.54, 1.807) is 0 Å². The van der Waals surface area contributed by atoms with Crippen LogP contribution in [-0.4, -0.2) is 4.57 Å². The van der Waals surface area contributed by atoms with Gasteiger partial charge in [-0.05, 0) is 49.7 Å². The number of aromatic nitrogens is 1. The number of para-hydroxylation sites is 1. The van der Waals surface area contributed by atoms with Crippen LogP contribution in [0, 0.1) is 13.8 Å². The van der Waals surface area contributed by atoms with Crippen molar-refractivity contribution in [2.75, 3.05) is 0 Å². The zero-order valence-corrected chi connectivity index (χ0v) is 13.7. The van der Waals surface area contributed by atoms with E-state index >= 15 is 0 Å². The number of nitrogens with zero attached hydrogens (tertiary/aromatic N) is 1. The van der Waals surface area contributed by atoms with Crippen molar-refractivity contribution in [2.45, 2.75) is 13.8 Å². The van der Waals surface area contributed by atoms with Gasteiger partial charge in [0.2, 0.25) is 5.71 Å². The van der Waals surface area contributed by atoms with Crippen molar-refractivity contribution in [1.82, 2.24) is 4.57 Å².